The van der Waals surface area contributed by atoms with Crippen LogP contribution in [0.15, 0.2) is 30.3 Å². The highest BCUT2D eigenvalue weighted by Gasteiger charge is 2.03. The third-order valence-electron chi connectivity index (χ3n) is 2.30. The largest absolute Gasteiger partial charge is 0.398 e. The van der Waals surface area contributed by atoms with E-state index >= 15 is 0 Å². The summed E-state index contributed by atoms with van der Waals surface area (Å²) < 4.78 is 0. The molecule has 0 unspecified atom stereocenters. The van der Waals surface area contributed by atoms with E-state index in [-0.39, 0.29) is 0 Å². The Bertz CT molecular complexity index is 463. The zero-order valence-electron chi connectivity index (χ0n) is 7.34. The Morgan fingerprint density at radius 2 is 1.92 bits per heavy atom. The SMILES string of the molecule is Cc1c(N)ccc2cccc(Cl)c12. The molecule has 2 rings (SSSR count). The molecule has 0 aliphatic carbocycles. The first kappa shape index (κ1) is 8.39. The van der Waals surface area contributed by atoms with Crippen molar-refractivity contribution in [2.24, 2.45) is 0 Å². The molecule has 2 aromatic rings. The molecule has 0 saturated carbocycles. The van der Waals surface area contributed by atoms with E-state index in [2.05, 4.69) is 0 Å². The summed E-state index contributed by atoms with van der Waals surface area (Å²) in [5.74, 6) is 0. The van der Waals surface area contributed by atoms with Crippen LogP contribution in [0.1, 0.15) is 5.56 Å². The number of halogens is 1. The highest BCUT2D eigenvalue weighted by Crippen LogP contribution is 2.29. The first-order valence-corrected chi connectivity index (χ1v) is 4.51. The molecule has 0 spiro atoms. The van der Waals surface area contributed by atoms with Gasteiger partial charge in [0.2, 0.25) is 0 Å². The van der Waals surface area contributed by atoms with Gasteiger partial charge in [0.1, 0.15) is 0 Å². The zero-order valence-corrected chi connectivity index (χ0v) is 8.10. The number of benzene rings is 2. The third kappa shape index (κ3) is 1.25. The van der Waals surface area contributed by atoms with Crippen LogP contribution in [0.4, 0.5) is 5.69 Å². The zero-order chi connectivity index (χ0) is 9.42. The van der Waals surface area contributed by atoms with Crippen molar-refractivity contribution < 1.29 is 0 Å². The lowest BCUT2D eigenvalue weighted by Crippen LogP contribution is -1.90. The normalized spacial score (nSPS) is 10.6. The second-order valence-electron chi connectivity index (χ2n) is 3.12. The fraction of sp³-hybridized carbons (Fsp3) is 0.0909. The molecule has 2 N–H and O–H groups in total. The van der Waals surface area contributed by atoms with Crippen molar-refractivity contribution in [2.45, 2.75) is 6.92 Å². The number of fused-ring (bicyclic) bond motifs is 1. The maximum Gasteiger partial charge on any atom is 0.0487 e. The molecule has 0 aliphatic heterocycles. The molecule has 66 valence electrons. The lowest BCUT2D eigenvalue weighted by atomic mass is 10.0. The van der Waals surface area contributed by atoms with E-state index in [1.165, 1.54) is 0 Å². The van der Waals surface area contributed by atoms with Gasteiger partial charge in [-0.15, -0.1) is 0 Å². The van der Waals surface area contributed by atoms with Crippen molar-refractivity contribution in [3.8, 4) is 0 Å². The Morgan fingerprint density at radius 3 is 2.69 bits per heavy atom. The van der Waals surface area contributed by atoms with Crippen molar-refractivity contribution in [1.82, 2.24) is 0 Å². The summed E-state index contributed by atoms with van der Waals surface area (Å²) >= 11 is 6.08. The van der Waals surface area contributed by atoms with Gasteiger partial charge in [-0.05, 0) is 30.0 Å². The van der Waals surface area contributed by atoms with Crippen LogP contribution in [0, 0.1) is 6.92 Å². The second kappa shape index (κ2) is 2.93. The number of hydrogen-bond donors (Lipinski definition) is 1. The Labute approximate surface area is 82.1 Å². The smallest absolute Gasteiger partial charge is 0.0487 e. The molecule has 0 aromatic heterocycles. The Hall–Kier alpha value is -1.21. The average molecular weight is 192 g/mol. The van der Waals surface area contributed by atoms with Gasteiger partial charge in [-0.1, -0.05) is 29.8 Å². The summed E-state index contributed by atoms with van der Waals surface area (Å²) in [6, 6.07) is 9.77. The predicted octanol–water partition coefficient (Wildman–Crippen LogP) is 3.38. The van der Waals surface area contributed by atoms with E-state index in [0.717, 1.165) is 27.0 Å². The van der Waals surface area contributed by atoms with E-state index in [4.69, 9.17) is 17.3 Å². The van der Waals surface area contributed by atoms with E-state index in [0.29, 0.717) is 0 Å². The van der Waals surface area contributed by atoms with Crippen molar-refractivity contribution in [1.29, 1.82) is 0 Å². The quantitative estimate of drug-likeness (QED) is 0.635. The number of nitrogens with two attached hydrogens (primary N) is 1. The van der Waals surface area contributed by atoms with Crippen molar-refractivity contribution >= 4 is 28.1 Å². The lowest BCUT2D eigenvalue weighted by molar-refractivity contribution is 1.52. The van der Waals surface area contributed by atoms with Crippen LogP contribution >= 0.6 is 11.6 Å². The monoisotopic (exact) mass is 191 g/mol. The summed E-state index contributed by atoms with van der Waals surface area (Å²) in [5.41, 5.74) is 7.65. The van der Waals surface area contributed by atoms with Gasteiger partial charge >= 0.3 is 0 Å². The molecule has 0 atom stereocenters. The molecule has 0 fully saturated rings. The number of nitrogen functional groups attached to an aromatic ring is 1. The number of anilines is 1. The fourth-order valence-corrected chi connectivity index (χ4v) is 1.85. The summed E-state index contributed by atoms with van der Waals surface area (Å²) in [6.45, 7) is 1.99. The van der Waals surface area contributed by atoms with Gasteiger partial charge in [0.05, 0.1) is 0 Å². The molecule has 0 radical (unpaired) electrons. The van der Waals surface area contributed by atoms with Crippen LogP contribution in [-0.2, 0) is 0 Å². The van der Waals surface area contributed by atoms with E-state index < -0.39 is 0 Å². The van der Waals surface area contributed by atoms with Gasteiger partial charge in [0.15, 0.2) is 0 Å². The fourth-order valence-electron chi connectivity index (χ4n) is 1.52. The standard InChI is InChI=1S/C11H10ClN/c1-7-10(13)6-5-8-3-2-4-9(12)11(7)8/h2-6H,13H2,1H3. The second-order valence-corrected chi connectivity index (χ2v) is 3.52. The molecule has 0 saturated heterocycles. The van der Waals surface area contributed by atoms with Crippen LogP contribution in [-0.4, -0.2) is 0 Å². The van der Waals surface area contributed by atoms with Crippen molar-refractivity contribution in [2.75, 3.05) is 5.73 Å². The van der Waals surface area contributed by atoms with Crippen molar-refractivity contribution in [3.05, 3.63) is 40.9 Å². The van der Waals surface area contributed by atoms with Gasteiger partial charge in [0.25, 0.3) is 0 Å². The summed E-state index contributed by atoms with van der Waals surface area (Å²) in [4.78, 5) is 0. The van der Waals surface area contributed by atoms with Crippen LogP contribution in [0.25, 0.3) is 10.8 Å². The molecule has 2 heteroatoms. The molecular weight excluding hydrogens is 182 g/mol. The number of hydrogen-bond acceptors (Lipinski definition) is 1. The minimum Gasteiger partial charge on any atom is -0.398 e. The minimum atomic E-state index is 0.766. The van der Waals surface area contributed by atoms with E-state index in [1.54, 1.807) is 0 Å². The molecular formula is C11H10ClN. The molecule has 0 amide bonds. The molecule has 0 aliphatic rings. The topological polar surface area (TPSA) is 26.0 Å². The first-order chi connectivity index (χ1) is 6.20. The van der Waals surface area contributed by atoms with Gasteiger partial charge in [-0.2, -0.15) is 0 Å². The van der Waals surface area contributed by atoms with Gasteiger partial charge in [-0.3, -0.25) is 0 Å². The molecule has 0 heterocycles. The van der Waals surface area contributed by atoms with Crippen LogP contribution in [0.2, 0.25) is 5.02 Å². The Morgan fingerprint density at radius 1 is 1.15 bits per heavy atom. The van der Waals surface area contributed by atoms with E-state index in [9.17, 15) is 0 Å². The minimum absolute atomic E-state index is 0.766. The van der Waals surface area contributed by atoms with Gasteiger partial charge in [0, 0.05) is 16.1 Å². The molecule has 2 aromatic carbocycles. The molecule has 0 bridgehead atoms. The summed E-state index contributed by atoms with van der Waals surface area (Å²) in [5, 5.41) is 2.96. The third-order valence-corrected chi connectivity index (χ3v) is 2.61. The summed E-state index contributed by atoms with van der Waals surface area (Å²) in [7, 11) is 0. The molecule has 13 heavy (non-hydrogen) atoms. The maximum absolute atomic E-state index is 6.08. The van der Waals surface area contributed by atoms with E-state index in [1.807, 2.05) is 37.3 Å². The Balaban J connectivity index is 2.97. The highest BCUT2D eigenvalue weighted by molar-refractivity contribution is 6.36. The van der Waals surface area contributed by atoms with Crippen LogP contribution < -0.4 is 5.73 Å². The van der Waals surface area contributed by atoms with Crippen molar-refractivity contribution in [3.63, 3.8) is 0 Å². The predicted molar refractivity (Wildman–Crippen MR) is 58.1 cm³/mol. The van der Waals surface area contributed by atoms with Crippen LogP contribution in [0.3, 0.4) is 0 Å². The lowest BCUT2D eigenvalue weighted by Gasteiger charge is -2.06. The molecule has 1 nitrogen and oxygen atoms in total. The Kier molecular flexibility index (Phi) is 1.89. The number of aryl methyl sites for hydroxylation is 1. The first-order valence-electron chi connectivity index (χ1n) is 4.13. The van der Waals surface area contributed by atoms with Gasteiger partial charge < -0.3 is 5.73 Å². The number of rotatable bonds is 0. The van der Waals surface area contributed by atoms with Gasteiger partial charge in [-0.25, -0.2) is 0 Å². The maximum atomic E-state index is 6.08. The highest BCUT2D eigenvalue weighted by atomic mass is 35.5. The average Bonchev–Trinajstić information content (AvgIpc) is 2.12. The summed E-state index contributed by atoms with van der Waals surface area (Å²) in [6.07, 6.45) is 0. The van der Waals surface area contributed by atoms with Crippen LogP contribution in [0.5, 0.6) is 0 Å².